The minimum Gasteiger partial charge on any atom is -0.549 e. The number of carboxylic acid groups (broad SMARTS) is 1. The number of aliphatic carboxylic acids is 1. The lowest BCUT2D eigenvalue weighted by Crippen LogP contribution is -2.24. The van der Waals surface area contributed by atoms with Crippen LogP contribution in [-0.4, -0.2) is 34.4 Å². The number of rotatable bonds is 7. The van der Waals surface area contributed by atoms with Crippen LogP contribution in [0.1, 0.15) is 0 Å². The molecule has 1 N–H and O–H groups in total. The third-order valence-electron chi connectivity index (χ3n) is 2.08. The summed E-state index contributed by atoms with van der Waals surface area (Å²) < 4.78 is 5.72. The molecular formula is C12H10N3O4S2-. The fourth-order valence-corrected chi connectivity index (χ4v) is 2.74. The largest absolute Gasteiger partial charge is 0.549 e. The van der Waals surface area contributed by atoms with Gasteiger partial charge in [-0.15, -0.1) is 10.2 Å². The molecule has 0 spiro atoms. The lowest BCUT2D eigenvalue weighted by molar-refractivity contribution is -0.301. The highest BCUT2D eigenvalue weighted by Gasteiger charge is 2.09. The van der Waals surface area contributed by atoms with Crippen molar-refractivity contribution in [2.75, 3.05) is 17.7 Å². The number of hydrogen-bond acceptors (Lipinski definition) is 8. The second-order valence-corrected chi connectivity index (χ2v) is 5.88. The van der Waals surface area contributed by atoms with E-state index in [1.807, 2.05) is 6.07 Å². The zero-order valence-electron chi connectivity index (χ0n) is 10.6. The minimum atomic E-state index is -1.18. The number of carboxylic acids is 1. The van der Waals surface area contributed by atoms with Crippen molar-refractivity contribution < 1.29 is 19.4 Å². The van der Waals surface area contributed by atoms with Crippen LogP contribution in [0.25, 0.3) is 0 Å². The molecule has 0 unspecified atom stereocenters. The van der Waals surface area contributed by atoms with Gasteiger partial charge in [-0.3, -0.25) is 10.1 Å². The monoisotopic (exact) mass is 324 g/mol. The van der Waals surface area contributed by atoms with Gasteiger partial charge in [0.25, 0.3) is 5.91 Å². The molecule has 1 aromatic heterocycles. The van der Waals surface area contributed by atoms with Gasteiger partial charge in [0, 0.05) is 5.75 Å². The Kier molecular flexibility index (Phi) is 5.52. The smallest absolute Gasteiger partial charge is 0.264 e. The molecule has 0 aliphatic carbocycles. The third kappa shape index (κ3) is 5.40. The van der Waals surface area contributed by atoms with Crippen LogP contribution in [0.15, 0.2) is 34.7 Å². The van der Waals surface area contributed by atoms with E-state index in [0.29, 0.717) is 10.1 Å². The normalized spacial score (nSPS) is 10.1. The SMILES string of the molecule is O=C([O-])CSc1nnc(NC(=O)COc2ccccc2)s1. The summed E-state index contributed by atoms with van der Waals surface area (Å²) in [6, 6.07) is 8.94. The zero-order valence-corrected chi connectivity index (χ0v) is 12.3. The fraction of sp³-hybridized carbons (Fsp3) is 0.167. The van der Waals surface area contributed by atoms with Crippen molar-refractivity contribution in [3.63, 3.8) is 0 Å². The summed E-state index contributed by atoms with van der Waals surface area (Å²) in [5.41, 5.74) is 0. The molecule has 0 fully saturated rings. The van der Waals surface area contributed by atoms with Gasteiger partial charge in [0.2, 0.25) is 5.13 Å². The molecule has 9 heteroatoms. The van der Waals surface area contributed by atoms with E-state index < -0.39 is 5.97 Å². The Labute approximate surface area is 128 Å². The highest BCUT2D eigenvalue weighted by Crippen LogP contribution is 2.24. The average Bonchev–Trinajstić information content (AvgIpc) is 2.91. The number of ether oxygens (including phenoxy) is 1. The van der Waals surface area contributed by atoms with Crippen LogP contribution in [0.5, 0.6) is 5.75 Å². The van der Waals surface area contributed by atoms with E-state index in [9.17, 15) is 14.7 Å². The van der Waals surface area contributed by atoms with Gasteiger partial charge in [0.1, 0.15) is 5.75 Å². The van der Waals surface area contributed by atoms with Crippen LogP contribution in [0.3, 0.4) is 0 Å². The topological polar surface area (TPSA) is 104 Å². The van der Waals surface area contributed by atoms with Crippen molar-refractivity contribution in [1.82, 2.24) is 10.2 Å². The summed E-state index contributed by atoms with van der Waals surface area (Å²) in [5.74, 6) is -1.17. The maximum Gasteiger partial charge on any atom is 0.264 e. The second kappa shape index (κ2) is 7.60. The number of benzene rings is 1. The van der Waals surface area contributed by atoms with Crippen molar-refractivity contribution in [2.24, 2.45) is 0 Å². The van der Waals surface area contributed by atoms with Gasteiger partial charge < -0.3 is 14.6 Å². The Morgan fingerprint density at radius 1 is 1.29 bits per heavy atom. The number of carbonyl (C=O) groups is 2. The molecule has 0 aliphatic rings. The van der Waals surface area contributed by atoms with E-state index in [4.69, 9.17) is 4.74 Å². The molecule has 1 heterocycles. The minimum absolute atomic E-state index is 0.148. The predicted octanol–water partition coefficient (Wildman–Crippen LogP) is 0.398. The summed E-state index contributed by atoms with van der Waals surface area (Å²) in [4.78, 5) is 22.0. The first-order valence-electron chi connectivity index (χ1n) is 5.77. The summed E-state index contributed by atoms with van der Waals surface area (Å²) in [6.45, 7) is -0.148. The van der Waals surface area contributed by atoms with E-state index in [1.165, 1.54) is 0 Å². The lowest BCUT2D eigenvalue weighted by Gasteiger charge is -2.04. The molecule has 0 aliphatic heterocycles. The number of hydrogen-bond donors (Lipinski definition) is 1. The first-order valence-corrected chi connectivity index (χ1v) is 7.57. The molecule has 2 aromatic rings. The molecule has 7 nitrogen and oxygen atoms in total. The van der Waals surface area contributed by atoms with Crippen LogP contribution < -0.4 is 15.2 Å². The number of aromatic nitrogens is 2. The second-order valence-electron chi connectivity index (χ2n) is 3.68. The molecule has 0 saturated carbocycles. The standard InChI is InChI=1S/C12H11N3O4S2/c16-9(6-19-8-4-2-1-3-5-8)13-11-14-15-12(21-11)20-7-10(17)18/h1-5H,6-7H2,(H,17,18)(H,13,14,16)/p-1. The number of anilines is 1. The van der Waals surface area contributed by atoms with Crippen molar-refractivity contribution >= 4 is 40.1 Å². The Morgan fingerprint density at radius 2 is 2.05 bits per heavy atom. The van der Waals surface area contributed by atoms with Gasteiger partial charge in [-0.25, -0.2) is 0 Å². The summed E-state index contributed by atoms with van der Waals surface area (Å²) in [6.07, 6.45) is 0. The van der Waals surface area contributed by atoms with Crippen molar-refractivity contribution in [2.45, 2.75) is 4.34 Å². The first kappa shape index (κ1) is 15.3. The van der Waals surface area contributed by atoms with Gasteiger partial charge in [0.15, 0.2) is 10.9 Å². The molecule has 21 heavy (non-hydrogen) atoms. The third-order valence-corrected chi connectivity index (χ3v) is 4.02. The summed E-state index contributed by atoms with van der Waals surface area (Å²) >= 11 is 2.07. The zero-order chi connectivity index (χ0) is 15.1. The van der Waals surface area contributed by atoms with Crippen LogP contribution in [-0.2, 0) is 9.59 Å². The molecule has 0 radical (unpaired) electrons. The van der Waals surface area contributed by atoms with Crippen molar-refractivity contribution in [3.05, 3.63) is 30.3 Å². The molecule has 1 aromatic carbocycles. The van der Waals surface area contributed by atoms with Gasteiger partial charge >= 0.3 is 0 Å². The lowest BCUT2D eigenvalue weighted by atomic mass is 10.3. The van der Waals surface area contributed by atoms with Gasteiger partial charge in [-0.05, 0) is 12.1 Å². The molecule has 2 rings (SSSR count). The molecule has 110 valence electrons. The van der Waals surface area contributed by atoms with Crippen LogP contribution in [0.4, 0.5) is 5.13 Å². The predicted molar refractivity (Wildman–Crippen MR) is 76.2 cm³/mol. The van der Waals surface area contributed by atoms with E-state index >= 15 is 0 Å². The Bertz CT molecular complexity index is 618. The fourth-order valence-electron chi connectivity index (χ4n) is 1.26. The molecule has 0 bridgehead atoms. The molecule has 1 amide bonds. The first-order chi connectivity index (χ1) is 10.1. The number of para-hydroxylation sites is 1. The Morgan fingerprint density at radius 3 is 2.76 bits per heavy atom. The van der Waals surface area contributed by atoms with Gasteiger partial charge in [-0.2, -0.15) is 0 Å². The van der Waals surface area contributed by atoms with Crippen LogP contribution in [0, 0.1) is 0 Å². The molecular weight excluding hydrogens is 314 g/mol. The quantitative estimate of drug-likeness (QED) is 0.580. The number of nitrogens with one attached hydrogen (secondary N) is 1. The van der Waals surface area contributed by atoms with Crippen LogP contribution >= 0.6 is 23.1 Å². The van der Waals surface area contributed by atoms with E-state index in [2.05, 4.69) is 15.5 Å². The van der Waals surface area contributed by atoms with Crippen molar-refractivity contribution in [1.29, 1.82) is 0 Å². The Hall–Kier alpha value is -2.13. The highest BCUT2D eigenvalue weighted by atomic mass is 32.2. The number of amides is 1. The number of carbonyl (C=O) groups excluding carboxylic acids is 2. The average molecular weight is 324 g/mol. The molecule has 0 atom stereocenters. The number of nitrogens with zero attached hydrogens (tertiary/aromatic N) is 2. The van der Waals surface area contributed by atoms with Gasteiger partial charge in [0.05, 0.1) is 5.97 Å². The Balaban J connectivity index is 1.78. The van der Waals surface area contributed by atoms with Crippen LogP contribution in [0.2, 0.25) is 0 Å². The van der Waals surface area contributed by atoms with Gasteiger partial charge in [-0.1, -0.05) is 41.3 Å². The summed E-state index contributed by atoms with van der Waals surface area (Å²) in [5, 5.41) is 20.6. The van der Waals surface area contributed by atoms with E-state index in [1.54, 1.807) is 24.3 Å². The molecule has 0 saturated heterocycles. The van der Waals surface area contributed by atoms with E-state index in [0.717, 1.165) is 23.1 Å². The van der Waals surface area contributed by atoms with Crippen molar-refractivity contribution in [3.8, 4) is 5.75 Å². The maximum absolute atomic E-state index is 11.7. The highest BCUT2D eigenvalue weighted by molar-refractivity contribution is 8.01. The number of thioether (sulfide) groups is 1. The summed E-state index contributed by atoms with van der Waals surface area (Å²) in [7, 11) is 0. The van der Waals surface area contributed by atoms with E-state index in [-0.39, 0.29) is 23.4 Å². The maximum atomic E-state index is 11.7.